The number of phenols is 1. The van der Waals surface area contributed by atoms with Crippen molar-refractivity contribution in [3.63, 3.8) is 0 Å². The quantitative estimate of drug-likeness (QED) is 0.550. The van der Waals surface area contributed by atoms with Gasteiger partial charge in [-0.25, -0.2) is 0 Å². The Labute approximate surface area is 77.5 Å². The summed E-state index contributed by atoms with van der Waals surface area (Å²) in [4.78, 5) is 0. The van der Waals surface area contributed by atoms with Crippen LogP contribution in [0.4, 0.5) is 0 Å². The molecule has 3 heteroatoms. The van der Waals surface area contributed by atoms with Crippen LogP contribution in [0.5, 0.6) is 5.75 Å². The molecule has 2 N–H and O–H groups in total. The van der Waals surface area contributed by atoms with Gasteiger partial charge < -0.3 is 9.84 Å². The van der Waals surface area contributed by atoms with E-state index in [2.05, 4.69) is 0 Å². The molecule has 70 valence electrons. The lowest BCUT2D eigenvalue weighted by Crippen LogP contribution is -2.06. The van der Waals surface area contributed by atoms with E-state index in [1.165, 1.54) is 0 Å². The third-order valence-corrected chi connectivity index (χ3v) is 1.59. The minimum Gasteiger partial charge on any atom is -0.508 e. The Morgan fingerprint density at radius 1 is 1.54 bits per heavy atom. The maximum atomic E-state index is 9.14. The summed E-state index contributed by atoms with van der Waals surface area (Å²) in [6.07, 6.45) is 0.433. The molecule has 1 rings (SSSR count). The number of rotatable bonds is 3. The second-order valence-electron chi connectivity index (χ2n) is 2.70. The van der Waals surface area contributed by atoms with Crippen LogP contribution in [-0.2, 0) is 11.2 Å². The summed E-state index contributed by atoms with van der Waals surface area (Å²) in [5, 5.41) is 16.5. The largest absolute Gasteiger partial charge is 0.508 e. The maximum Gasteiger partial charge on any atom is 0.184 e. The average Bonchev–Trinajstić information content (AvgIpc) is 2.04. The van der Waals surface area contributed by atoms with Crippen molar-refractivity contribution in [2.75, 3.05) is 6.61 Å². The molecule has 0 heterocycles. The van der Waals surface area contributed by atoms with Crippen LogP contribution in [-0.4, -0.2) is 17.6 Å². The van der Waals surface area contributed by atoms with E-state index in [1.807, 2.05) is 13.0 Å². The Morgan fingerprint density at radius 2 is 2.31 bits per heavy atom. The number of ether oxygens (including phenoxy) is 1. The Morgan fingerprint density at radius 3 is 2.92 bits per heavy atom. The topological polar surface area (TPSA) is 53.3 Å². The van der Waals surface area contributed by atoms with Crippen LogP contribution in [0.2, 0.25) is 0 Å². The van der Waals surface area contributed by atoms with E-state index < -0.39 is 0 Å². The van der Waals surface area contributed by atoms with Crippen LogP contribution in [0.1, 0.15) is 12.5 Å². The lowest BCUT2D eigenvalue weighted by Gasteiger charge is -2.04. The predicted molar refractivity (Wildman–Crippen MR) is 51.2 cm³/mol. The van der Waals surface area contributed by atoms with E-state index in [-0.39, 0.29) is 11.6 Å². The van der Waals surface area contributed by atoms with Gasteiger partial charge in [-0.1, -0.05) is 12.1 Å². The minimum atomic E-state index is 0.224. The van der Waals surface area contributed by atoms with Gasteiger partial charge in [0.1, 0.15) is 5.75 Å². The van der Waals surface area contributed by atoms with E-state index in [1.54, 1.807) is 18.2 Å². The normalized spacial score (nSPS) is 9.62. The number of aromatic hydroxyl groups is 1. The number of phenolic OH excluding ortho intramolecular Hbond substituents is 1. The summed E-state index contributed by atoms with van der Waals surface area (Å²) in [6.45, 7) is 2.36. The molecule has 1 aromatic carbocycles. The summed E-state index contributed by atoms with van der Waals surface area (Å²) in [5.41, 5.74) is 0.887. The van der Waals surface area contributed by atoms with Gasteiger partial charge in [-0.3, -0.25) is 5.41 Å². The molecule has 0 radical (unpaired) electrons. The van der Waals surface area contributed by atoms with Gasteiger partial charge >= 0.3 is 0 Å². The van der Waals surface area contributed by atoms with Crippen LogP contribution in [0, 0.1) is 5.41 Å². The van der Waals surface area contributed by atoms with Gasteiger partial charge in [0.05, 0.1) is 6.61 Å². The lowest BCUT2D eigenvalue weighted by molar-refractivity contribution is 0.317. The highest BCUT2D eigenvalue weighted by molar-refractivity contribution is 5.75. The average molecular weight is 179 g/mol. The van der Waals surface area contributed by atoms with E-state index >= 15 is 0 Å². The number of hydrogen-bond acceptors (Lipinski definition) is 3. The van der Waals surface area contributed by atoms with Crippen molar-refractivity contribution < 1.29 is 9.84 Å². The van der Waals surface area contributed by atoms with E-state index in [4.69, 9.17) is 15.3 Å². The molecule has 0 fully saturated rings. The van der Waals surface area contributed by atoms with Gasteiger partial charge in [0, 0.05) is 6.42 Å². The van der Waals surface area contributed by atoms with Crippen molar-refractivity contribution in [2.24, 2.45) is 0 Å². The molecule has 0 saturated heterocycles. The van der Waals surface area contributed by atoms with Crippen molar-refractivity contribution in [3.05, 3.63) is 29.8 Å². The van der Waals surface area contributed by atoms with Gasteiger partial charge in [0.15, 0.2) is 5.90 Å². The predicted octanol–water partition coefficient (Wildman–Crippen LogP) is 1.95. The Balaban J connectivity index is 2.58. The van der Waals surface area contributed by atoms with Crippen LogP contribution >= 0.6 is 0 Å². The van der Waals surface area contributed by atoms with Crippen molar-refractivity contribution >= 4 is 5.90 Å². The first kappa shape index (κ1) is 9.58. The third-order valence-electron chi connectivity index (χ3n) is 1.59. The first-order valence-corrected chi connectivity index (χ1v) is 4.20. The highest BCUT2D eigenvalue weighted by atomic mass is 16.5. The minimum absolute atomic E-state index is 0.224. The van der Waals surface area contributed by atoms with Crippen molar-refractivity contribution in [1.82, 2.24) is 0 Å². The highest BCUT2D eigenvalue weighted by Crippen LogP contribution is 2.11. The highest BCUT2D eigenvalue weighted by Gasteiger charge is 1.99. The summed E-state index contributed by atoms with van der Waals surface area (Å²) in [6, 6.07) is 6.85. The second kappa shape index (κ2) is 4.50. The molecule has 0 aromatic heterocycles. The molecule has 0 atom stereocenters. The fraction of sp³-hybridized carbons (Fsp3) is 0.300. The van der Waals surface area contributed by atoms with Gasteiger partial charge in [-0.15, -0.1) is 0 Å². The molecule has 0 spiro atoms. The molecule has 1 aromatic rings. The summed E-state index contributed by atoms with van der Waals surface area (Å²) < 4.78 is 4.99. The van der Waals surface area contributed by atoms with Gasteiger partial charge in [-0.2, -0.15) is 0 Å². The monoisotopic (exact) mass is 179 g/mol. The molecule has 0 aliphatic heterocycles. The lowest BCUT2D eigenvalue weighted by atomic mass is 10.1. The van der Waals surface area contributed by atoms with Crippen molar-refractivity contribution in [2.45, 2.75) is 13.3 Å². The summed E-state index contributed by atoms with van der Waals surface area (Å²) in [5.74, 6) is 0.454. The molecule has 3 nitrogen and oxygen atoms in total. The molecule has 13 heavy (non-hydrogen) atoms. The maximum absolute atomic E-state index is 9.14. The third kappa shape index (κ3) is 3.15. The van der Waals surface area contributed by atoms with Crippen LogP contribution in [0.3, 0.4) is 0 Å². The Hall–Kier alpha value is -1.51. The smallest absolute Gasteiger partial charge is 0.184 e. The Kier molecular flexibility index (Phi) is 3.31. The number of hydrogen-bond donors (Lipinski definition) is 2. The summed E-state index contributed by atoms with van der Waals surface area (Å²) in [7, 11) is 0. The standard InChI is InChI=1S/C10H13NO2/c1-2-13-10(11)7-8-4-3-5-9(12)6-8/h3-6,11-12H,2,7H2,1H3. The van der Waals surface area contributed by atoms with E-state index in [9.17, 15) is 0 Å². The zero-order valence-electron chi connectivity index (χ0n) is 7.58. The fourth-order valence-electron chi connectivity index (χ4n) is 1.08. The van der Waals surface area contributed by atoms with Crippen molar-refractivity contribution in [3.8, 4) is 5.75 Å². The molecule has 0 amide bonds. The fourth-order valence-corrected chi connectivity index (χ4v) is 1.08. The number of benzene rings is 1. The second-order valence-corrected chi connectivity index (χ2v) is 2.70. The first-order chi connectivity index (χ1) is 6.22. The molecule has 0 saturated carbocycles. The molecular weight excluding hydrogens is 166 g/mol. The summed E-state index contributed by atoms with van der Waals surface area (Å²) >= 11 is 0. The van der Waals surface area contributed by atoms with Gasteiger partial charge in [0.25, 0.3) is 0 Å². The van der Waals surface area contributed by atoms with Crippen LogP contribution in [0.15, 0.2) is 24.3 Å². The molecule has 0 aliphatic rings. The molecule has 0 unspecified atom stereocenters. The van der Waals surface area contributed by atoms with Crippen LogP contribution < -0.4 is 0 Å². The SMILES string of the molecule is CCOC(=N)Cc1cccc(O)c1. The van der Waals surface area contributed by atoms with Gasteiger partial charge in [0.2, 0.25) is 0 Å². The zero-order chi connectivity index (χ0) is 9.68. The Bertz CT molecular complexity index is 297. The van der Waals surface area contributed by atoms with Gasteiger partial charge in [-0.05, 0) is 24.6 Å². The van der Waals surface area contributed by atoms with E-state index in [0.29, 0.717) is 13.0 Å². The number of nitrogens with one attached hydrogen (secondary N) is 1. The molecular formula is C10H13NO2. The first-order valence-electron chi connectivity index (χ1n) is 4.20. The van der Waals surface area contributed by atoms with Crippen molar-refractivity contribution in [1.29, 1.82) is 5.41 Å². The molecule has 0 bridgehead atoms. The zero-order valence-corrected chi connectivity index (χ0v) is 7.58. The van der Waals surface area contributed by atoms with E-state index in [0.717, 1.165) is 5.56 Å². The molecule has 0 aliphatic carbocycles. The van der Waals surface area contributed by atoms with Crippen LogP contribution in [0.25, 0.3) is 0 Å².